The summed E-state index contributed by atoms with van der Waals surface area (Å²) in [5.74, 6) is 0. The molecule has 1 heterocycles. The Bertz CT molecular complexity index is 349. The summed E-state index contributed by atoms with van der Waals surface area (Å²) in [6.07, 6.45) is 4.46. The third kappa shape index (κ3) is 5.19. The van der Waals surface area contributed by atoms with Crippen molar-refractivity contribution in [1.82, 2.24) is 9.71 Å². The average molecular weight is 274 g/mol. The maximum atomic E-state index is 12.0. The highest BCUT2D eigenvalue weighted by molar-refractivity contribution is 7.84. The van der Waals surface area contributed by atoms with Crippen LogP contribution in [0, 0.1) is 0 Å². The summed E-state index contributed by atoms with van der Waals surface area (Å²) in [6.45, 7) is 7.97. The van der Waals surface area contributed by atoms with Crippen LogP contribution in [0.2, 0.25) is 0 Å². The Hall–Kier alpha value is -0.390. The van der Waals surface area contributed by atoms with Crippen molar-refractivity contribution in [2.75, 3.05) is 0 Å². The molecule has 0 saturated heterocycles. The minimum absolute atomic E-state index is 0. The zero-order valence-electron chi connectivity index (χ0n) is 10.9. The zero-order valence-corrected chi connectivity index (χ0v) is 12.7. The van der Waals surface area contributed by atoms with Gasteiger partial charge in [0.05, 0.1) is 15.7 Å². The fourth-order valence-electron chi connectivity index (χ4n) is 1.28. The van der Waals surface area contributed by atoms with Crippen molar-refractivity contribution in [1.29, 1.82) is 0 Å². The summed E-state index contributed by atoms with van der Waals surface area (Å²) in [6, 6.07) is 4.02. The van der Waals surface area contributed by atoms with E-state index in [0.717, 1.165) is 12.0 Å². The number of aromatic nitrogens is 1. The van der Waals surface area contributed by atoms with Crippen LogP contribution in [0.3, 0.4) is 0 Å². The van der Waals surface area contributed by atoms with Crippen LogP contribution < -0.4 is 4.72 Å². The summed E-state index contributed by atoms with van der Waals surface area (Å²) in [5.41, 5.74) is 1.09. The quantitative estimate of drug-likeness (QED) is 0.917. The van der Waals surface area contributed by atoms with E-state index in [-0.39, 0.29) is 24.3 Å². The smallest absolute Gasteiger partial charge is 0.0975 e. The molecule has 0 aliphatic heterocycles. The van der Waals surface area contributed by atoms with Crippen LogP contribution in [0.5, 0.6) is 0 Å². The van der Waals surface area contributed by atoms with E-state index >= 15 is 0 Å². The highest BCUT2D eigenvalue weighted by atomic mass is 32.2. The lowest BCUT2D eigenvalue weighted by Crippen LogP contribution is -2.35. The highest BCUT2D eigenvalue weighted by Gasteiger charge is 2.22. The molecule has 0 fully saturated rings. The van der Waals surface area contributed by atoms with Gasteiger partial charge in [-0.15, -0.1) is 0 Å². The molecule has 5 heteroatoms. The molecule has 0 spiro atoms. The van der Waals surface area contributed by atoms with Gasteiger partial charge in [0.15, 0.2) is 0 Å². The van der Waals surface area contributed by atoms with Crippen molar-refractivity contribution in [3.8, 4) is 0 Å². The Balaban J connectivity index is 0.00000256. The van der Waals surface area contributed by atoms with Crippen LogP contribution in [0.4, 0.5) is 0 Å². The van der Waals surface area contributed by atoms with Gasteiger partial charge in [-0.2, -0.15) is 13.5 Å². The lowest BCUT2D eigenvalue weighted by molar-refractivity contribution is 0.588. The average Bonchev–Trinajstić information content (AvgIpc) is 2.25. The molecule has 17 heavy (non-hydrogen) atoms. The third-order valence-corrected chi connectivity index (χ3v) is 3.91. The molecule has 0 amide bonds. The van der Waals surface area contributed by atoms with E-state index in [9.17, 15) is 4.21 Å². The van der Waals surface area contributed by atoms with Crippen molar-refractivity contribution in [2.45, 2.75) is 44.9 Å². The van der Waals surface area contributed by atoms with Crippen molar-refractivity contribution in [3.05, 3.63) is 30.1 Å². The van der Waals surface area contributed by atoms with Gasteiger partial charge in [-0.1, -0.05) is 13.0 Å². The van der Waals surface area contributed by atoms with Gasteiger partial charge < -0.3 is 0 Å². The number of pyridine rings is 1. The first-order chi connectivity index (χ1) is 7.45. The van der Waals surface area contributed by atoms with Crippen LogP contribution in [0.15, 0.2) is 24.5 Å². The minimum atomic E-state index is -1.05. The molecule has 1 rings (SSSR count). The van der Waals surface area contributed by atoms with Gasteiger partial charge in [0, 0.05) is 18.4 Å². The predicted octanol–water partition coefficient (Wildman–Crippen LogP) is 2.70. The molecule has 3 nitrogen and oxygen atoms in total. The second-order valence-electron chi connectivity index (χ2n) is 4.75. The second kappa shape index (κ2) is 7.13. The van der Waals surface area contributed by atoms with E-state index in [0.29, 0.717) is 0 Å². The number of nitrogens with one attached hydrogen (secondary N) is 1. The summed E-state index contributed by atoms with van der Waals surface area (Å²) in [5, 5.41) is 0. The first-order valence-corrected chi connectivity index (χ1v) is 6.68. The Morgan fingerprint density at radius 2 is 2.12 bits per heavy atom. The van der Waals surface area contributed by atoms with E-state index < -0.39 is 11.0 Å². The van der Waals surface area contributed by atoms with Crippen LogP contribution in [0.1, 0.15) is 45.7 Å². The number of hydrogen-bond donors (Lipinski definition) is 1. The van der Waals surface area contributed by atoms with E-state index in [4.69, 9.17) is 0 Å². The second-order valence-corrected chi connectivity index (χ2v) is 6.74. The minimum Gasteiger partial charge on any atom is -0.264 e. The van der Waals surface area contributed by atoms with Gasteiger partial charge in [0.1, 0.15) is 0 Å². The Kier molecular flexibility index (Phi) is 6.97. The molecule has 0 aliphatic rings. The summed E-state index contributed by atoms with van der Waals surface area (Å²) in [4.78, 5) is 4.08. The maximum Gasteiger partial charge on any atom is 0.0975 e. The maximum absolute atomic E-state index is 12.0. The lowest BCUT2D eigenvalue weighted by Gasteiger charge is -2.23. The first-order valence-electron chi connectivity index (χ1n) is 5.53. The largest absolute Gasteiger partial charge is 0.264 e. The summed E-state index contributed by atoms with van der Waals surface area (Å²) in [7, 11) is -1.05. The predicted molar refractivity (Wildman–Crippen MR) is 78.7 cm³/mol. The van der Waals surface area contributed by atoms with Crippen molar-refractivity contribution >= 4 is 24.5 Å². The fourth-order valence-corrected chi connectivity index (χ4v) is 2.19. The van der Waals surface area contributed by atoms with Gasteiger partial charge >= 0.3 is 0 Å². The topological polar surface area (TPSA) is 42.0 Å². The van der Waals surface area contributed by atoms with Gasteiger partial charge in [-0.3, -0.25) is 4.98 Å². The third-order valence-electron chi connectivity index (χ3n) is 2.30. The molecule has 2 atom stereocenters. The van der Waals surface area contributed by atoms with Crippen LogP contribution in [0.25, 0.3) is 0 Å². The molecule has 1 aromatic rings. The van der Waals surface area contributed by atoms with Crippen LogP contribution >= 0.6 is 13.5 Å². The highest BCUT2D eigenvalue weighted by Crippen LogP contribution is 2.19. The zero-order chi connectivity index (χ0) is 12.2. The molecule has 98 valence electrons. The first kappa shape index (κ1) is 16.6. The summed E-state index contributed by atoms with van der Waals surface area (Å²) < 4.78 is 14.9. The van der Waals surface area contributed by atoms with Crippen molar-refractivity contribution in [2.24, 2.45) is 0 Å². The normalized spacial score (nSPS) is 14.8. The molecule has 0 bridgehead atoms. The monoisotopic (exact) mass is 274 g/mol. The molecule has 0 aromatic carbocycles. The van der Waals surface area contributed by atoms with Crippen molar-refractivity contribution in [3.63, 3.8) is 0 Å². The Morgan fingerprint density at radius 3 is 2.53 bits per heavy atom. The van der Waals surface area contributed by atoms with E-state index in [2.05, 4.69) is 16.6 Å². The van der Waals surface area contributed by atoms with Crippen molar-refractivity contribution < 1.29 is 4.21 Å². The molecule has 1 unspecified atom stereocenters. The Morgan fingerprint density at radius 1 is 1.47 bits per heavy atom. The number of nitrogens with zero attached hydrogens (tertiary/aromatic N) is 1. The SMILES string of the molecule is CC[C@@H](NS(=O)C(C)(C)C)c1cccnc1.S. The van der Waals surface area contributed by atoms with E-state index in [1.165, 1.54) is 0 Å². The molecule has 0 saturated carbocycles. The van der Waals surface area contributed by atoms with E-state index in [1.54, 1.807) is 6.20 Å². The molecular formula is C12H22N2OS2. The molecule has 0 aliphatic carbocycles. The van der Waals surface area contributed by atoms with Crippen LogP contribution in [-0.2, 0) is 11.0 Å². The van der Waals surface area contributed by atoms with Gasteiger partial charge in [0.25, 0.3) is 0 Å². The lowest BCUT2D eigenvalue weighted by atomic mass is 10.1. The molecule has 1 aromatic heterocycles. The van der Waals surface area contributed by atoms with E-state index in [1.807, 2.05) is 39.1 Å². The fraction of sp³-hybridized carbons (Fsp3) is 0.583. The summed E-state index contributed by atoms with van der Waals surface area (Å²) >= 11 is 0. The number of rotatable bonds is 4. The van der Waals surface area contributed by atoms with Gasteiger partial charge in [-0.25, -0.2) is 8.93 Å². The van der Waals surface area contributed by atoms with Crippen LogP contribution in [-0.4, -0.2) is 13.9 Å². The number of hydrogen-bond acceptors (Lipinski definition) is 2. The molecule has 0 radical (unpaired) electrons. The van der Waals surface area contributed by atoms with Gasteiger partial charge in [0.2, 0.25) is 0 Å². The molecular weight excluding hydrogens is 252 g/mol. The Labute approximate surface area is 113 Å². The standard InChI is InChI=1S/C12H20N2OS.H2S/c1-5-11(10-7-6-8-13-9-10)14-16(15)12(2,3)4;/h6-9,11,14H,5H2,1-4H3;1H2/t11-,16?;/m1./s1. The molecule has 1 N–H and O–H groups in total. The van der Waals surface area contributed by atoms with Gasteiger partial charge in [-0.05, 0) is 38.8 Å².